The highest BCUT2D eigenvalue weighted by Gasteiger charge is 2.42. The van der Waals surface area contributed by atoms with Gasteiger partial charge in [0.25, 0.3) is 0 Å². The van der Waals surface area contributed by atoms with Crippen molar-refractivity contribution in [3.8, 4) is 5.88 Å². The summed E-state index contributed by atoms with van der Waals surface area (Å²) < 4.78 is 4.93. The Balaban J connectivity index is 1.92. The first-order valence-corrected chi connectivity index (χ1v) is 5.70. The largest absolute Gasteiger partial charge is 0.481 e. The van der Waals surface area contributed by atoms with Gasteiger partial charge in [0.2, 0.25) is 5.88 Å². The maximum absolute atomic E-state index is 11.8. The van der Waals surface area contributed by atoms with Gasteiger partial charge in [0.1, 0.15) is 12.1 Å². The van der Waals surface area contributed by atoms with E-state index >= 15 is 0 Å². The minimum absolute atomic E-state index is 0.283. The number of urea groups is 1. The lowest BCUT2D eigenvalue weighted by Gasteiger charge is -2.45. The van der Waals surface area contributed by atoms with Gasteiger partial charge in [-0.3, -0.25) is 5.32 Å². The number of hydrogen-bond acceptors (Lipinski definition) is 5. The van der Waals surface area contributed by atoms with Crippen molar-refractivity contribution in [1.82, 2.24) is 14.9 Å². The molecule has 2 amide bonds. The predicted molar refractivity (Wildman–Crippen MR) is 64.4 cm³/mol. The minimum Gasteiger partial charge on any atom is -0.481 e. The molecule has 7 nitrogen and oxygen atoms in total. The molecule has 1 aliphatic rings. The first kappa shape index (κ1) is 12.6. The summed E-state index contributed by atoms with van der Waals surface area (Å²) in [5, 5.41) is 12.4. The molecular weight excluding hydrogens is 236 g/mol. The lowest BCUT2D eigenvalue weighted by molar-refractivity contribution is -0.0755. The van der Waals surface area contributed by atoms with Crippen molar-refractivity contribution in [2.45, 2.75) is 18.9 Å². The fraction of sp³-hybridized carbons (Fsp3) is 0.545. The molecule has 2 N–H and O–H groups in total. The third-order valence-electron chi connectivity index (χ3n) is 3.00. The molecule has 1 aromatic heterocycles. The summed E-state index contributed by atoms with van der Waals surface area (Å²) in [5.41, 5.74) is -0.735. The maximum atomic E-state index is 11.8. The number of likely N-dealkylation sites (tertiary alicyclic amines) is 1. The smallest absolute Gasteiger partial charge is 0.323 e. The second kappa shape index (κ2) is 4.77. The van der Waals surface area contributed by atoms with Crippen molar-refractivity contribution in [1.29, 1.82) is 0 Å². The number of nitrogens with zero attached hydrogens (tertiary/aromatic N) is 3. The third kappa shape index (κ3) is 2.51. The van der Waals surface area contributed by atoms with E-state index in [0.717, 1.165) is 0 Å². The van der Waals surface area contributed by atoms with Gasteiger partial charge in [-0.2, -0.15) is 0 Å². The zero-order chi connectivity index (χ0) is 13.2. The molecule has 0 spiro atoms. The second-order valence-electron chi connectivity index (χ2n) is 4.31. The molecule has 0 saturated carbocycles. The highest BCUT2D eigenvalue weighted by atomic mass is 16.5. The lowest BCUT2D eigenvalue weighted by Crippen LogP contribution is -2.64. The molecule has 0 aliphatic carbocycles. The van der Waals surface area contributed by atoms with E-state index < -0.39 is 5.60 Å². The average Bonchev–Trinajstić information content (AvgIpc) is 2.35. The van der Waals surface area contributed by atoms with Crippen LogP contribution >= 0.6 is 0 Å². The van der Waals surface area contributed by atoms with Crippen LogP contribution in [0.1, 0.15) is 13.3 Å². The number of carbonyl (C=O) groups excluding carboxylic acids is 1. The van der Waals surface area contributed by atoms with Crippen LogP contribution in [0.3, 0.4) is 0 Å². The Kier molecular flexibility index (Phi) is 3.33. The van der Waals surface area contributed by atoms with E-state index in [1.54, 1.807) is 0 Å². The van der Waals surface area contributed by atoms with Gasteiger partial charge in [-0.05, 0) is 6.42 Å². The second-order valence-corrected chi connectivity index (χ2v) is 4.31. The van der Waals surface area contributed by atoms with Gasteiger partial charge in [0.15, 0.2) is 0 Å². The van der Waals surface area contributed by atoms with Gasteiger partial charge in [-0.1, -0.05) is 6.92 Å². The van der Waals surface area contributed by atoms with Crippen molar-refractivity contribution in [2.24, 2.45) is 0 Å². The van der Waals surface area contributed by atoms with E-state index in [4.69, 9.17) is 4.74 Å². The summed E-state index contributed by atoms with van der Waals surface area (Å²) >= 11 is 0. The lowest BCUT2D eigenvalue weighted by atomic mass is 9.92. The number of β-amino-alcohol motifs (C(OH)–C–C–N with tert-alkyl or cyclic N) is 1. The Morgan fingerprint density at radius 2 is 2.33 bits per heavy atom. The molecule has 1 aromatic rings. The normalized spacial score (nSPS) is 16.9. The van der Waals surface area contributed by atoms with Crippen molar-refractivity contribution in [2.75, 3.05) is 25.5 Å². The zero-order valence-corrected chi connectivity index (χ0v) is 10.4. The molecule has 98 valence electrons. The molecule has 7 heteroatoms. The standard InChI is InChI=1S/C11H16N4O3/c1-3-11(17)5-15(6-11)10(16)14-8-4-9(18-2)13-7-12-8/h4,7,17H,3,5-6H2,1-2H3,(H,12,13,14,16). The molecule has 18 heavy (non-hydrogen) atoms. The maximum Gasteiger partial charge on any atom is 0.323 e. The number of aliphatic hydroxyl groups is 1. The quantitative estimate of drug-likeness (QED) is 0.816. The number of methoxy groups -OCH3 is 1. The van der Waals surface area contributed by atoms with Crippen LogP contribution in [-0.4, -0.2) is 51.8 Å². The van der Waals surface area contributed by atoms with Crippen LogP contribution in [0.15, 0.2) is 12.4 Å². The molecule has 0 bridgehead atoms. The van der Waals surface area contributed by atoms with Crippen LogP contribution in [-0.2, 0) is 0 Å². The number of amides is 2. The Bertz CT molecular complexity index is 446. The number of hydrogen-bond donors (Lipinski definition) is 2. The van der Waals surface area contributed by atoms with Gasteiger partial charge < -0.3 is 14.7 Å². The zero-order valence-electron chi connectivity index (χ0n) is 10.4. The molecule has 2 rings (SSSR count). The van der Waals surface area contributed by atoms with Gasteiger partial charge in [0.05, 0.1) is 25.8 Å². The highest BCUT2D eigenvalue weighted by molar-refractivity contribution is 5.89. The van der Waals surface area contributed by atoms with Crippen LogP contribution in [0, 0.1) is 0 Å². The summed E-state index contributed by atoms with van der Waals surface area (Å²) in [5.74, 6) is 0.757. The topological polar surface area (TPSA) is 87.6 Å². The molecule has 0 aromatic carbocycles. The van der Waals surface area contributed by atoms with Crippen molar-refractivity contribution in [3.63, 3.8) is 0 Å². The molecule has 1 saturated heterocycles. The predicted octanol–water partition coefficient (Wildman–Crippen LogP) is 0.474. The summed E-state index contributed by atoms with van der Waals surface area (Å²) in [6, 6.07) is 1.25. The average molecular weight is 252 g/mol. The Morgan fingerprint density at radius 1 is 1.61 bits per heavy atom. The number of aromatic nitrogens is 2. The van der Waals surface area contributed by atoms with E-state index in [9.17, 15) is 9.90 Å². The molecule has 2 heterocycles. The van der Waals surface area contributed by atoms with Gasteiger partial charge in [-0.25, -0.2) is 14.8 Å². The Morgan fingerprint density at radius 3 is 2.94 bits per heavy atom. The van der Waals surface area contributed by atoms with Crippen molar-refractivity contribution >= 4 is 11.8 Å². The van der Waals surface area contributed by atoms with E-state index in [-0.39, 0.29) is 6.03 Å². The Labute approximate surface area is 105 Å². The molecule has 1 fully saturated rings. The number of anilines is 1. The van der Waals surface area contributed by atoms with Gasteiger partial charge in [-0.15, -0.1) is 0 Å². The number of carbonyl (C=O) groups is 1. The van der Waals surface area contributed by atoms with E-state index in [2.05, 4.69) is 15.3 Å². The number of ether oxygens (including phenoxy) is 1. The molecule has 0 atom stereocenters. The summed E-state index contributed by atoms with van der Waals surface area (Å²) in [6.07, 6.45) is 1.95. The first-order valence-electron chi connectivity index (χ1n) is 5.70. The number of rotatable bonds is 3. The van der Waals surface area contributed by atoms with Crippen LogP contribution < -0.4 is 10.1 Å². The molecule has 0 radical (unpaired) electrons. The summed E-state index contributed by atoms with van der Waals surface area (Å²) in [7, 11) is 1.49. The monoisotopic (exact) mass is 252 g/mol. The molecule has 0 unspecified atom stereocenters. The summed E-state index contributed by atoms with van der Waals surface area (Å²) in [4.78, 5) is 21.1. The van der Waals surface area contributed by atoms with Crippen molar-refractivity contribution in [3.05, 3.63) is 12.4 Å². The SMILES string of the molecule is CCC1(O)CN(C(=O)Nc2cc(OC)ncn2)C1. The van der Waals surface area contributed by atoms with E-state index in [0.29, 0.717) is 31.2 Å². The third-order valence-corrected chi connectivity index (χ3v) is 3.00. The minimum atomic E-state index is -0.735. The molecular formula is C11H16N4O3. The van der Waals surface area contributed by atoms with Crippen LogP contribution in [0.25, 0.3) is 0 Å². The fourth-order valence-corrected chi connectivity index (χ4v) is 1.74. The summed E-state index contributed by atoms with van der Waals surface area (Å²) in [6.45, 7) is 2.58. The first-order chi connectivity index (χ1) is 8.56. The van der Waals surface area contributed by atoms with Crippen LogP contribution in [0.5, 0.6) is 5.88 Å². The highest BCUT2D eigenvalue weighted by Crippen LogP contribution is 2.24. The van der Waals surface area contributed by atoms with Crippen molar-refractivity contribution < 1.29 is 14.6 Å². The Hall–Kier alpha value is -1.89. The van der Waals surface area contributed by atoms with Gasteiger partial charge >= 0.3 is 6.03 Å². The van der Waals surface area contributed by atoms with Crippen LogP contribution in [0.4, 0.5) is 10.6 Å². The molecule has 1 aliphatic heterocycles. The fourth-order valence-electron chi connectivity index (χ4n) is 1.74. The number of nitrogens with one attached hydrogen (secondary N) is 1. The van der Waals surface area contributed by atoms with Gasteiger partial charge in [0, 0.05) is 6.07 Å². The van der Waals surface area contributed by atoms with E-state index in [1.165, 1.54) is 24.4 Å². The van der Waals surface area contributed by atoms with E-state index in [1.807, 2.05) is 6.92 Å². The van der Waals surface area contributed by atoms with Crippen LogP contribution in [0.2, 0.25) is 0 Å².